The highest BCUT2D eigenvalue weighted by Crippen LogP contribution is 2.45. The highest BCUT2D eigenvalue weighted by Gasteiger charge is 2.43. The number of alkyl halides is 6. The minimum Gasteiger partial charge on any atom is -0.480 e. The lowest BCUT2D eigenvalue weighted by atomic mass is 9.82. The average molecular weight is 538 g/mol. The topological polar surface area (TPSA) is 55.5 Å². The predicted molar refractivity (Wildman–Crippen MR) is 114 cm³/mol. The summed E-state index contributed by atoms with van der Waals surface area (Å²) < 4.78 is 98.0. The summed E-state index contributed by atoms with van der Waals surface area (Å²) in [6.07, 6.45) is -6.50. The summed E-state index contributed by atoms with van der Waals surface area (Å²) in [6.45, 7) is -0.645. The van der Waals surface area contributed by atoms with Gasteiger partial charge in [-0.05, 0) is 42.7 Å². The second-order valence-corrected chi connectivity index (χ2v) is 9.46. The van der Waals surface area contributed by atoms with E-state index in [2.05, 4.69) is 15.1 Å². The SMILES string of the molecule is Fc1cnc(Cl)cc1N1C[C@H]2CC[C@@H](C1)C2Cc1nc2c(OCC(F)(F)F)ccc(C(F)(F)F)n2n1. The molecule has 3 atom stereocenters. The van der Waals surface area contributed by atoms with Crippen LogP contribution in [-0.2, 0) is 12.6 Å². The molecule has 0 N–H and O–H groups in total. The molecular formula is C22H19ClF7N5O. The van der Waals surface area contributed by atoms with Crippen LogP contribution in [0.15, 0.2) is 24.4 Å². The van der Waals surface area contributed by atoms with E-state index in [1.165, 1.54) is 6.07 Å². The molecule has 0 aromatic carbocycles. The molecule has 1 saturated carbocycles. The molecule has 3 aromatic heterocycles. The van der Waals surface area contributed by atoms with Gasteiger partial charge in [-0.25, -0.2) is 18.9 Å². The minimum atomic E-state index is -4.80. The third kappa shape index (κ3) is 4.89. The first-order valence-electron chi connectivity index (χ1n) is 11.1. The maximum Gasteiger partial charge on any atom is 0.433 e. The van der Waals surface area contributed by atoms with E-state index in [1.807, 2.05) is 4.90 Å². The average Bonchev–Trinajstić information content (AvgIpc) is 3.29. The Balaban J connectivity index is 1.41. The first kappa shape index (κ1) is 24.8. The van der Waals surface area contributed by atoms with E-state index in [0.717, 1.165) is 25.1 Å². The third-order valence-corrected chi connectivity index (χ3v) is 6.97. The van der Waals surface area contributed by atoms with Crippen molar-refractivity contribution in [3.05, 3.63) is 46.9 Å². The van der Waals surface area contributed by atoms with Crippen LogP contribution in [0, 0.1) is 23.6 Å². The Bertz CT molecular complexity index is 1260. The largest absolute Gasteiger partial charge is 0.480 e. The van der Waals surface area contributed by atoms with Crippen LogP contribution in [-0.4, -0.2) is 45.5 Å². The second-order valence-electron chi connectivity index (χ2n) is 9.08. The molecule has 1 aliphatic heterocycles. The quantitative estimate of drug-likeness (QED) is 0.314. The number of aromatic nitrogens is 4. The fourth-order valence-corrected chi connectivity index (χ4v) is 5.43. The van der Waals surface area contributed by atoms with Crippen molar-refractivity contribution in [3.63, 3.8) is 0 Å². The maximum atomic E-state index is 14.3. The van der Waals surface area contributed by atoms with Gasteiger partial charge in [0.15, 0.2) is 29.6 Å². The van der Waals surface area contributed by atoms with Gasteiger partial charge in [-0.1, -0.05) is 11.6 Å². The Kier molecular flexibility index (Phi) is 6.16. The maximum absolute atomic E-state index is 14.3. The molecule has 1 aliphatic carbocycles. The second kappa shape index (κ2) is 8.93. The molecule has 2 aliphatic rings. The Morgan fingerprint density at radius 3 is 2.39 bits per heavy atom. The number of ether oxygens (including phenoxy) is 1. The predicted octanol–water partition coefficient (Wildman–Crippen LogP) is 5.58. The van der Waals surface area contributed by atoms with Gasteiger partial charge in [0.25, 0.3) is 0 Å². The molecule has 36 heavy (non-hydrogen) atoms. The highest BCUT2D eigenvalue weighted by atomic mass is 35.5. The van der Waals surface area contributed by atoms with Gasteiger partial charge >= 0.3 is 12.4 Å². The molecule has 2 fully saturated rings. The number of fused-ring (bicyclic) bond motifs is 3. The van der Waals surface area contributed by atoms with Crippen molar-refractivity contribution in [2.45, 2.75) is 31.6 Å². The molecule has 0 spiro atoms. The monoisotopic (exact) mass is 537 g/mol. The van der Waals surface area contributed by atoms with Gasteiger partial charge in [-0.3, -0.25) is 0 Å². The lowest BCUT2D eigenvalue weighted by Gasteiger charge is -2.39. The fraction of sp³-hybridized carbons (Fsp3) is 0.500. The fourth-order valence-electron chi connectivity index (χ4n) is 5.28. The molecule has 5 rings (SSSR count). The van der Waals surface area contributed by atoms with Crippen LogP contribution in [0.1, 0.15) is 24.4 Å². The minimum absolute atomic E-state index is 0.0212. The molecular weight excluding hydrogens is 519 g/mol. The molecule has 4 heterocycles. The lowest BCUT2D eigenvalue weighted by Crippen LogP contribution is -2.43. The van der Waals surface area contributed by atoms with Crippen LogP contribution >= 0.6 is 11.6 Å². The van der Waals surface area contributed by atoms with Gasteiger partial charge in [-0.2, -0.15) is 31.4 Å². The van der Waals surface area contributed by atoms with E-state index in [1.54, 1.807) is 0 Å². The first-order valence-corrected chi connectivity index (χ1v) is 11.5. The van der Waals surface area contributed by atoms with E-state index < -0.39 is 41.9 Å². The van der Waals surface area contributed by atoms with Crippen LogP contribution in [0.4, 0.5) is 36.4 Å². The van der Waals surface area contributed by atoms with E-state index in [4.69, 9.17) is 16.3 Å². The Labute approximate surface area is 205 Å². The van der Waals surface area contributed by atoms with Crippen LogP contribution in [0.5, 0.6) is 5.75 Å². The van der Waals surface area contributed by atoms with E-state index >= 15 is 0 Å². The van der Waals surface area contributed by atoms with Gasteiger partial charge in [0, 0.05) is 25.6 Å². The zero-order valence-electron chi connectivity index (χ0n) is 18.5. The van der Waals surface area contributed by atoms with E-state index in [9.17, 15) is 30.7 Å². The van der Waals surface area contributed by atoms with Crippen molar-refractivity contribution in [3.8, 4) is 5.75 Å². The number of hydrogen-bond donors (Lipinski definition) is 0. The molecule has 3 aromatic rings. The summed E-state index contributed by atoms with van der Waals surface area (Å²) >= 11 is 5.93. The molecule has 2 bridgehead atoms. The van der Waals surface area contributed by atoms with Crippen LogP contribution < -0.4 is 9.64 Å². The number of piperidine rings is 1. The van der Waals surface area contributed by atoms with Gasteiger partial charge in [-0.15, -0.1) is 0 Å². The molecule has 194 valence electrons. The zero-order chi connectivity index (χ0) is 25.8. The van der Waals surface area contributed by atoms with Crippen molar-refractivity contribution in [1.82, 2.24) is 19.6 Å². The Morgan fingerprint density at radius 2 is 1.75 bits per heavy atom. The smallest absolute Gasteiger partial charge is 0.433 e. The standard InChI is InChI=1S/C22H19ClF7N5O/c23-18-6-15(14(24)7-31-18)34-8-11-1-2-12(9-34)13(11)5-19-32-20-16(36-10-21(25,26)27)3-4-17(22(28,29)30)35(20)33-19/h3-4,6-7,11-13H,1-2,5,8-10H2/t11-,12+,13?. The summed E-state index contributed by atoms with van der Waals surface area (Å²) in [4.78, 5) is 9.76. The highest BCUT2D eigenvalue weighted by molar-refractivity contribution is 6.29. The van der Waals surface area contributed by atoms with Gasteiger partial charge in [0.2, 0.25) is 0 Å². The molecule has 6 nitrogen and oxygen atoms in total. The number of anilines is 1. The third-order valence-electron chi connectivity index (χ3n) is 6.76. The normalized spacial score (nSPS) is 22.4. The Morgan fingerprint density at radius 1 is 1.06 bits per heavy atom. The molecule has 1 saturated heterocycles. The van der Waals surface area contributed by atoms with Crippen LogP contribution in [0.25, 0.3) is 5.65 Å². The van der Waals surface area contributed by atoms with Crippen LogP contribution in [0.3, 0.4) is 0 Å². The number of pyridine rings is 2. The summed E-state index contributed by atoms with van der Waals surface area (Å²) in [7, 11) is 0. The van der Waals surface area contributed by atoms with E-state index in [0.29, 0.717) is 29.4 Å². The molecule has 1 unspecified atom stereocenters. The molecule has 0 radical (unpaired) electrons. The van der Waals surface area contributed by atoms with Crippen molar-refractivity contribution >= 4 is 22.9 Å². The first-order chi connectivity index (χ1) is 16.9. The van der Waals surface area contributed by atoms with Crippen molar-refractivity contribution in [2.75, 3.05) is 24.6 Å². The number of rotatable bonds is 5. The lowest BCUT2D eigenvalue weighted by molar-refractivity contribution is -0.153. The zero-order valence-corrected chi connectivity index (χ0v) is 19.2. The number of halogens is 8. The number of nitrogens with zero attached hydrogens (tertiary/aromatic N) is 5. The summed E-state index contributed by atoms with van der Waals surface area (Å²) in [6, 6.07) is 2.90. The van der Waals surface area contributed by atoms with Crippen molar-refractivity contribution < 1.29 is 35.5 Å². The van der Waals surface area contributed by atoms with Gasteiger partial charge in [0.1, 0.15) is 10.8 Å². The number of hydrogen-bond acceptors (Lipinski definition) is 5. The summed E-state index contributed by atoms with van der Waals surface area (Å²) in [5.74, 6) is -0.633. The van der Waals surface area contributed by atoms with Crippen LogP contribution in [0.2, 0.25) is 5.15 Å². The summed E-state index contributed by atoms with van der Waals surface area (Å²) in [5.41, 5.74) is -1.25. The van der Waals surface area contributed by atoms with Gasteiger partial charge in [0.05, 0.1) is 11.9 Å². The molecule has 14 heteroatoms. The Hall–Kier alpha value is -2.83. The van der Waals surface area contributed by atoms with Crippen molar-refractivity contribution in [1.29, 1.82) is 0 Å². The van der Waals surface area contributed by atoms with Crippen molar-refractivity contribution in [2.24, 2.45) is 17.8 Å². The molecule has 0 amide bonds. The summed E-state index contributed by atoms with van der Waals surface area (Å²) in [5, 5.41) is 4.17. The van der Waals surface area contributed by atoms with Gasteiger partial charge < -0.3 is 9.64 Å². The van der Waals surface area contributed by atoms with E-state index in [-0.39, 0.29) is 35.2 Å².